The molecule has 0 heterocycles. The molecule has 1 unspecified atom stereocenters. The fourth-order valence-corrected chi connectivity index (χ4v) is 1.36. The zero-order valence-corrected chi connectivity index (χ0v) is 9.87. The standard InChI is InChI=1S/C8H18S.Mo/c1-3-5-6-8(4-2)7-9;/h8-9H,3-7H2,1-2H3;. The smallest absolute Gasteiger partial charge is 0 e. The van der Waals surface area contributed by atoms with Crippen molar-refractivity contribution in [3.8, 4) is 0 Å². The normalized spacial score (nSPS) is 12.3. The number of rotatable bonds is 5. The van der Waals surface area contributed by atoms with Crippen molar-refractivity contribution < 1.29 is 21.1 Å². The molecular formula is C8H18MoS. The third kappa shape index (κ3) is 7.15. The summed E-state index contributed by atoms with van der Waals surface area (Å²) in [5.41, 5.74) is 0. The van der Waals surface area contributed by atoms with Crippen molar-refractivity contribution in [2.24, 2.45) is 5.92 Å². The van der Waals surface area contributed by atoms with Crippen molar-refractivity contribution in [2.45, 2.75) is 39.5 Å². The fourth-order valence-electron chi connectivity index (χ4n) is 0.917. The first-order chi connectivity index (χ1) is 4.35. The average molecular weight is 242 g/mol. The molecule has 0 aliphatic heterocycles. The van der Waals surface area contributed by atoms with Crippen LogP contribution >= 0.6 is 12.6 Å². The van der Waals surface area contributed by atoms with Crippen LogP contribution in [-0.2, 0) is 21.1 Å². The summed E-state index contributed by atoms with van der Waals surface area (Å²) < 4.78 is 0. The summed E-state index contributed by atoms with van der Waals surface area (Å²) in [6, 6.07) is 0. The van der Waals surface area contributed by atoms with Crippen LogP contribution in [0.4, 0.5) is 0 Å². The molecule has 0 aromatic carbocycles. The Kier molecular flexibility index (Phi) is 13.7. The number of thiol groups is 1. The van der Waals surface area contributed by atoms with Crippen LogP contribution in [0.2, 0.25) is 0 Å². The quantitative estimate of drug-likeness (QED) is 0.555. The Bertz CT molecular complexity index is 53.2. The van der Waals surface area contributed by atoms with Gasteiger partial charge in [-0.1, -0.05) is 33.1 Å². The molecule has 0 nitrogen and oxygen atoms in total. The second kappa shape index (κ2) is 10.0. The molecule has 0 spiro atoms. The second-order valence-electron chi connectivity index (χ2n) is 2.60. The van der Waals surface area contributed by atoms with E-state index in [-0.39, 0.29) is 21.1 Å². The molecule has 0 radical (unpaired) electrons. The van der Waals surface area contributed by atoms with Gasteiger partial charge in [0.1, 0.15) is 0 Å². The summed E-state index contributed by atoms with van der Waals surface area (Å²) in [6.07, 6.45) is 5.36. The minimum Gasteiger partial charge on any atom is -0.179 e. The zero-order valence-electron chi connectivity index (χ0n) is 6.97. The third-order valence-corrected chi connectivity index (χ3v) is 2.32. The van der Waals surface area contributed by atoms with Crippen molar-refractivity contribution in [2.75, 3.05) is 5.75 Å². The van der Waals surface area contributed by atoms with Crippen molar-refractivity contribution >= 4 is 12.6 Å². The number of hydrogen-bond donors (Lipinski definition) is 1. The Balaban J connectivity index is 0. The predicted molar refractivity (Wildman–Crippen MR) is 47.2 cm³/mol. The minimum absolute atomic E-state index is 0. The largest absolute Gasteiger partial charge is 0.179 e. The van der Waals surface area contributed by atoms with E-state index in [9.17, 15) is 0 Å². The molecule has 1 atom stereocenters. The van der Waals surface area contributed by atoms with Gasteiger partial charge in [0.15, 0.2) is 0 Å². The SMILES string of the molecule is CCCCC(CC)CS.[Mo]. The molecule has 0 N–H and O–H groups in total. The molecule has 0 aliphatic carbocycles. The molecule has 0 bridgehead atoms. The molecule has 0 aromatic heterocycles. The van der Waals surface area contributed by atoms with Crippen molar-refractivity contribution in [3.63, 3.8) is 0 Å². The first-order valence-electron chi connectivity index (χ1n) is 3.96. The van der Waals surface area contributed by atoms with Crippen LogP contribution in [-0.4, -0.2) is 5.75 Å². The van der Waals surface area contributed by atoms with E-state index < -0.39 is 0 Å². The van der Waals surface area contributed by atoms with Gasteiger partial charge in [-0.2, -0.15) is 12.6 Å². The number of hydrogen-bond acceptors (Lipinski definition) is 1. The summed E-state index contributed by atoms with van der Waals surface area (Å²) >= 11 is 4.27. The van der Waals surface area contributed by atoms with Crippen LogP contribution in [0.5, 0.6) is 0 Å². The summed E-state index contributed by atoms with van der Waals surface area (Å²) in [4.78, 5) is 0. The van der Waals surface area contributed by atoms with Crippen LogP contribution in [0.25, 0.3) is 0 Å². The topological polar surface area (TPSA) is 0 Å². The van der Waals surface area contributed by atoms with Gasteiger partial charge in [0.05, 0.1) is 0 Å². The van der Waals surface area contributed by atoms with Gasteiger partial charge in [-0.25, -0.2) is 0 Å². The summed E-state index contributed by atoms with van der Waals surface area (Å²) in [5, 5.41) is 0. The van der Waals surface area contributed by atoms with Crippen molar-refractivity contribution in [1.82, 2.24) is 0 Å². The van der Waals surface area contributed by atoms with Gasteiger partial charge in [-0.3, -0.25) is 0 Å². The number of unbranched alkanes of at least 4 members (excludes halogenated alkanes) is 1. The molecule has 0 saturated carbocycles. The van der Waals surface area contributed by atoms with Crippen LogP contribution < -0.4 is 0 Å². The Morgan fingerprint density at radius 1 is 1.30 bits per heavy atom. The predicted octanol–water partition coefficient (Wildman–Crippen LogP) is 3.13. The first-order valence-corrected chi connectivity index (χ1v) is 4.59. The van der Waals surface area contributed by atoms with Crippen LogP contribution in [0.1, 0.15) is 39.5 Å². The fraction of sp³-hybridized carbons (Fsp3) is 1.00. The van der Waals surface area contributed by atoms with Crippen LogP contribution in [0.3, 0.4) is 0 Å². The van der Waals surface area contributed by atoms with E-state index in [0.29, 0.717) is 0 Å². The van der Waals surface area contributed by atoms with Gasteiger partial charge in [-0.05, 0) is 18.1 Å². The molecule has 0 aromatic rings. The van der Waals surface area contributed by atoms with E-state index in [1.165, 1.54) is 25.7 Å². The molecule has 0 rings (SSSR count). The summed E-state index contributed by atoms with van der Waals surface area (Å²) in [5.74, 6) is 1.93. The van der Waals surface area contributed by atoms with E-state index >= 15 is 0 Å². The molecule has 0 amide bonds. The van der Waals surface area contributed by atoms with Gasteiger partial charge in [0.25, 0.3) is 0 Å². The maximum atomic E-state index is 4.27. The molecule has 0 aliphatic rings. The molecule has 2 heteroatoms. The van der Waals surface area contributed by atoms with Crippen LogP contribution in [0, 0.1) is 5.92 Å². The maximum absolute atomic E-state index is 4.27. The van der Waals surface area contributed by atoms with E-state index in [4.69, 9.17) is 0 Å². The first kappa shape index (κ1) is 13.6. The Hall–Kier alpha value is 1.04. The maximum Gasteiger partial charge on any atom is 0 e. The molecular weight excluding hydrogens is 224 g/mol. The van der Waals surface area contributed by atoms with Crippen molar-refractivity contribution in [1.29, 1.82) is 0 Å². The minimum atomic E-state index is 0. The van der Waals surface area contributed by atoms with E-state index in [1.54, 1.807) is 0 Å². The van der Waals surface area contributed by atoms with E-state index in [1.807, 2.05) is 0 Å². The van der Waals surface area contributed by atoms with Gasteiger partial charge in [0.2, 0.25) is 0 Å². The molecule has 62 valence electrons. The molecule has 0 saturated heterocycles. The van der Waals surface area contributed by atoms with E-state index in [0.717, 1.165) is 11.7 Å². The Labute approximate surface area is 84.8 Å². The van der Waals surface area contributed by atoms with E-state index in [2.05, 4.69) is 26.5 Å². The molecule has 10 heavy (non-hydrogen) atoms. The average Bonchev–Trinajstić information content (AvgIpc) is 1.91. The second-order valence-corrected chi connectivity index (χ2v) is 2.96. The third-order valence-electron chi connectivity index (χ3n) is 1.80. The van der Waals surface area contributed by atoms with Crippen LogP contribution in [0.15, 0.2) is 0 Å². The monoisotopic (exact) mass is 244 g/mol. The van der Waals surface area contributed by atoms with Crippen molar-refractivity contribution in [3.05, 3.63) is 0 Å². The zero-order chi connectivity index (χ0) is 7.11. The molecule has 0 fully saturated rings. The summed E-state index contributed by atoms with van der Waals surface area (Å²) in [7, 11) is 0. The van der Waals surface area contributed by atoms with Gasteiger partial charge in [-0.15, -0.1) is 0 Å². The van der Waals surface area contributed by atoms with Gasteiger partial charge < -0.3 is 0 Å². The van der Waals surface area contributed by atoms with Gasteiger partial charge in [0, 0.05) is 21.1 Å². The van der Waals surface area contributed by atoms with Gasteiger partial charge >= 0.3 is 0 Å². The Morgan fingerprint density at radius 2 is 1.90 bits per heavy atom. The Morgan fingerprint density at radius 3 is 2.20 bits per heavy atom. The summed E-state index contributed by atoms with van der Waals surface area (Å²) in [6.45, 7) is 4.49.